The molecular weight excluding hydrogens is 552 g/mol. The van der Waals surface area contributed by atoms with Crippen LogP contribution in [-0.2, 0) is 21.7 Å². The summed E-state index contributed by atoms with van der Waals surface area (Å²) in [4.78, 5) is 19.8. The van der Waals surface area contributed by atoms with Crippen molar-refractivity contribution in [3.63, 3.8) is 0 Å². The Morgan fingerprint density at radius 1 is 1.10 bits per heavy atom. The smallest absolute Gasteiger partial charge is 0.350 e. The van der Waals surface area contributed by atoms with Gasteiger partial charge in [0, 0.05) is 60.4 Å². The Hall–Kier alpha value is -3.39. The van der Waals surface area contributed by atoms with Crippen molar-refractivity contribution in [2.45, 2.75) is 63.3 Å². The molecule has 0 unspecified atom stereocenters. The third kappa shape index (κ3) is 5.78. The van der Waals surface area contributed by atoms with Crippen molar-refractivity contribution in [2.24, 2.45) is 0 Å². The normalized spacial score (nSPS) is 19.9. The molecule has 0 atom stereocenters. The SMILES string of the molecule is CCOC(=O)C1(Oc2ccc3c(c2)/C(=C/CCN2CCC([OH2+])(c4ccc(Cl)cc4)CC2)c2cccnc2CO3)CCC1. The van der Waals surface area contributed by atoms with Gasteiger partial charge in [0.2, 0.25) is 5.60 Å². The molecule has 3 heterocycles. The second kappa shape index (κ2) is 12.1. The van der Waals surface area contributed by atoms with Crippen LogP contribution in [0.4, 0.5) is 0 Å². The standard InChI is InChI=1S/C34H37ClN2O5/c1-2-40-32(38)34(14-5-15-34)42-26-12-13-31-29(22-26)27(28-6-3-18-36-30(28)23-41-31)7-4-19-37-20-16-33(39,17-21-37)24-8-10-25(35)11-9-24/h3,6-13,18,22,39H,2,4-5,14-17,19-21,23H2,1H3/p+1/b27-7+. The zero-order chi connectivity index (χ0) is 29.2. The minimum absolute atomic E-state index is 0.290. The van der Waals surface area contributed by atoms with Crippen LogP contribution in [0.25, 0.3) is 5.57 Å². The van der Waals surface area contributed by atoms with Gasteiger partial charge in [0.05, 0.1) is 12.3 Å². The second-order valence-electron chi connectivity index (χ2n) is 11.5. The van der Waals surface area contributed by atoms with Gasteiger partial charge < -0.3 is 24.2 Å². The van der Waals surface area contributed by atoms with Gasteiger partial charge in [-0.2, -0.15) is 0 Å². The van der Waals surface area contributed by atoms with Crippen molar-refractivity contribution in [2.75, 3.05) is 26.2 Å². The highest BCUT2D eigenvalue weighted by molar-refractivity contribution is 6.30. The summed E-state index contributed by atoms with van der Waals surface area (Å²) in [6.07, 6.45) is 8.73. The maximum atomic E-state index is 12.7. The summed E-state index contributed by atoms with van der Waals surface area (Å²) in [6, 6.07) is 17.6. The zero-order valence-electron chi connectivity index (χ0n) is 24.0. The first-order valence-electron chi connectivity index (χ1n) is 14.9. The van der Waals surface area contributed by atoms with E-state index in [2.05, 4.69) is 22.0 Å². The highest BCUT2D eigenvalue weighted by atomic mass is 35.5. The van der Waals surface area contributed by atoms with Crippen LogP contribution in [0.1, 0.15) is 67.8 Å². The van der Waals surface area contributed by atoms with Crippen LogP contribution in [0, 0.1) is 0 Å². The Balaban J connectivity index is 1.21. The third-order valence-electron chi connectivity index (χ3n) is 8.81. The van der Waals surface area contributed by atoms with Crippen LogP contribution in [0.3, 0.4) is 0 Å². The molecule has 1 aliphatic carbocycles. The summed E-state index contributed by atoms with van der Waals surface area (Å²) in [5, 5.41) is 9.76. The number of rotatable bonds is 8. The topological polar surface area (TPSA) is 83.8 Å². The molecule has 3 aliphatic rings. The minimum Gasteiger partial charge on any atom is -0.487 e. The van der Waals surface area contributed by atoms with Crippen molar-refractivity contribution in [3.05, 3.63) is 94.3 Å². The summed E-state index contributed by atoms with van der Waals surface area (Å²) in [6.45, 7) is 5.19. The largest absolute Gasteiger partial charge is 0.487 e. The maximum Gasteiger partial charge on any atom is 0.350 e. The number of esters is 1. The molecular formula is C34H38ClN2O5+. The van der Waals surface area contributed by atoms with Crippen molar-refractivity contribution >= 4 is 23.1 Å². The number of halogens is 1. The van der Waals surface area contributed by atoms with Gasteiger partial charge in [-0.15, -0.1) is 0 Å². The number of pyridine rings is 1. The van der Waals surface area contributed by atoms with Crippen LogP contribution in [-0.4, -0.2) is 52.8 Å². The summed E-state index contributed by atoms with van der Waals surface area (Å²) in [5.74, 6) is 1.11. The number of aromatic nitrogens is 1. The fourth-order valence-electron chi connectivity index (χ4n) is 6.16. The summed E-state index contributed by atoms with van der Waals surface area (Å²) < 4.78 is 17.9. The van der Waals surface area contributed by atoms with E-state index in [4.69, 9.17) is 30.9 Å². The van der Waals surface area contributed by atoms with Gasteiger partial charge in [-0.3, -0.25) is 4.98 Å². The Bertz CT molecular complexity index is 1460. The molecule has 0 radical (unpaired) electrons. The van der Waals surface area contributed by atoms with Crippen molar-refractivity contribution in [3.8, 4) is 11.5 Å². The van der Waals surface area contributed by atoms with E-state index >= 15 is 0 Å². The number of carbonyl (C=O) groups excluding carboxylic acids is 1. The molecule has 3 aromatic rings. The van der Waals surface area contributed by atoms with Crippen LogP contribution >= 0.6 is 11.6 Å². The number of likely N-dealkylation sites (tertiary alicyclic amines) is 1. The number of hydrogen-bond acceptors (Lipinski definition) is 6. The molecule has 0 bridgehead atoms. The van der Waals surface area contributed by atoms with Gasteiger partial charge in [-0.25, -0.2) is 4.79 Å². The quantitative estimate of drug-likeness (QED) is 0.236. The first-order valence-corrected chi connectivity index (χ1v) is 15.3. The molecule has 1 aromatic heterocycles. The molecule has 0 spiro atoms. The molecule has 0 amide bonds. The molecule has 1 saturated heterocycles. The summed E-state index contributed by atoms with van der Waals surface area (Å²) in [7, 11) is 0. The molecule has 6 rings (SSSR count). The Morgan fingerprint density at radius 2 is 1.88 bits per heavy atom. The van der Waals surface area contributed by atoms with E-state index in [1.807, 2.05) is 55.5 Å². The Morgan fingerprint density at radius 3 is 2.60 bits per heavy atom. The summed E-state index contributed by atoms with van der Waals surface area (Å²) in [5.41, 5.74) is 3.49. The monoisotopic (exact) mass is 589 g/mol. The molecule has 220 valence electrons. The third-order valence-corrected chi connectivity index (χ3v) is 9.06. The Labute approximate surface area is 252 Å². The average molecular weight is 590 g/mol. The number of benzene rings is 2. The number of carbonyl (C=O) groups is 1. The lowest BCUT2D eigenvalue weighted by Crippen LogP contribution is -2.51. The predicted molar refractivity (Wildman–Crippen MR) is 163 cm³/mol. The molecule has 2 aliphatic heterocycles. The fourth-order valence-corrected chi connectivity index (χ4v) is 6.29. The number of piperidine rings is 1. The minimum atomic E-state index is -0.910. The van der Waals surface area contributed by atoms with E-state index in [0.717, 1.165) is 79.0 Å². The van der Waals surface area contributed by atoms with Crippen molar-refractivity contribution in [1.29, 1.82) is 0 Å². The van der Waals surface area contributed by atoms with Crippen LogP contribution in [0.2, 0.25) is 5.02 Å². The van der Waals surface area contributed by atoms with E-state index in [1.165, 1.54) is 0 Å². The maximum absolute atomic E-state index is 12.7. The molecule has 42 heavy (non-hydrogen) atoms. The van der Waals surface area contributed by atoms with Crippen molar-refractivity contribution in [1.82, 2.24) is 9.88 Å². The first kappa shape index (κ1) is 28.7. The average Bonchev–Trinajstić information content (AvgIpc) is 3.13. The first-order chi connectivity index (χ1) is 20.4. The van der Waals surface area contributed by atoms with Gasteiger partial charge in [0.25, 0.3) is 0 Å². The fraction of sp³-hybridized carbons (Fsp3) is 0.412. The van der Waals surface area contributed by atoms with Gasteiger partial charge in [0.15, 0.2) is 5.60 Å². The van der Waals surface area contributed by atoms with Gasteiger partial charge in [0.1, 0.15) is 18.1 Å². The Kier molecular flexibility index (Phi) is 8.26. The van der Waals surface area contributed by atoms with Gasteiger partial charge in [-0.05, 0) is 86.7 Å². The zero-order valence-corrected chi connectivity index (χ0v) is 24.8. The summed E-state index contributed by atoms with van der Waals surface area (Å²) >= 11 is 6.07. The lowest BCUT2D eigenvalue weighted by Gasteiger charge is -2.39. The molecule has 2 N–H and O–H groups in total. The van der Waals surface area contributed by atoms with Crippen LogP contribution in [0.5, 0.6) is 11.5 Å². The van der Waals surface area contributed by atoms with Crippen LogP contribution in [0.15, 0.2) is 66.9 Å². The molecule has 1 saturated carbocycles. The van der Waals surface area contributed by atoms with Gasteiger partial charge in [-0.1, -0.05) is 23.7 Å². The number of ether oxygens (including phenoxy) is 3. The second-order valence-corrected chi connectivity index (χ2v) is 11.9. The van der Waals surface area contributed by atoms with E-state index in [1.54, 1.807) is 6.20 Å². The highest BCUT2D eigenvalue weighted by Gasteiger charge is 2.48. The molecule has 7 nitrogen and oxygen atoms in total. The predicted octanol–water partition coefficient (Wildman–Crippen LogP) is 6.03. The lowest BCUT2D eigenvalue weighted by atomic mass is 9.80. The van der Waals surface area contributed by atoms with E-state index in [0.29, 0.717) is 36.8 Å². The van der Waals surface area contributed by atoms with E-state index in [-0.39, 0.29) is 5.97 Å². The van der Waals surface area contributed by atoms with Gasteiger partial charge >= 0.3 is 5.97 Å². The highest BCUT2D eigenvalue weighted by Crippen LogP contribution is 2.42. The molecule has 2 fully saturated rings. The van der Waals surface area contributed by atoms with E-state index < -0.39 is 11.2 Å². The number of hydrogen-bond donors (Lipinski definition) is 0. The van der Waals surface area contributed by atoms with E-state index in [9.17, 15) is 4.79 Å². The number of nitrogens with zero attached hydrogens (tertiary/aromatic N) is 2. The molecule has 2 aromatic carbocycles. The number of fused-ring (bicyclic) bond motifs is 2. The lowest BCUT2D eigenvalue weighted by molar-refractivity contribution is -0.169. The molecule has 8 heteroatoms. The van der Waals surface area contributed by atoms with Crippen LogP contribution < -0.4 is 9.47 Å². The van der Waals surface area contributed by atoms with Crippen molar-refractivity contribution < 1.29 is 24.1 Å².